The summed E-state index contributed by atoms with van der Waals surface area (Å²) in [7, 11) is 0. The number of rotatable bonds is 5. The first-order valence-corrected chi connectivity index (χ1v) is 8.11. The van der Waals surface area contributed by atoms with Crippen molar-refractivity contribution in [2.45, 2.75) is 56.4 Å². The van der Waals surface area contributed by atoms with Gasteiger partial charge in [-0.3, -0.25) is 0 Å². The van der Waals surface area contributed by atoms with Gasteiger partial charge >= 0.3 is 0 Å². The summed E-state index contributed by atoms with van der Waals surface area (Å²) < 4.78 is 0. The number of aromatic nitrogens is 3. The zero-order chi connectivity index (χ0) is 14.8. The van der Waals surface area contributed by atoms with Crippen LogP contribution >= 0.6 is 11.8 Å². The highest BCUT2D eigenvalue weighted by Gasteiger charge is 2.19. The summed E-state index contributed by atoms with van der Waals surface area (Å²) in [5.74, 6) is 0. The molecule has 3 rings (SSSR count). The van der Waals surface area contributed by atoms with Crippen molar-refractivity contribution in [2.75, 3.05) is 0 Å². The number of nitrogens with one attached hydrogen (secondary N) is 1. The maximum absolute atomic E-state index is 4.52. The Morgan fingerprint density at radius 2 is 1.86 bits per heavy atom. The Morgan fingerprint density at radius 3 is 2.43 bits per heavy atom. The summed E-state index contributed by atoms with van der Waals surface area (Å²) >= 11 is 1.52. The summed E-state index contributed by atoms with van der Waals surface area (Å²) in [6.45, 7) is 7.00. The first kappa shape index (κ1) is 14.5. The lowest BCUT2D eigenvalue weighted by atomic mass is 10.2. The third-order valence-corrected chi connectivity index (χ3v) is 4.59. The lowest BCUT2D eigenvalue weighted by Crippen LogP contribution is -2.15. The molecule has 1 aliphatic rings. The van der Waals surface area contributed by atoms with Gasteiger partial charge in [-0.2, -0.15) is 0 Å². The van der Waals surface area contributed by atoms with Gasteiger partial charge in [-0.25, -0.2) is 15.0 Å². The molecule has 4 nitrogen and oxygen atoms in total. The molecule has 0 unspecified atom stereocenters. The van der Waals surface area contributed by atoms with Crippen LogP contribution in [0.1, 0.15) is 35.4 Å². The predicted molar refractivity (Wildman–Crippen MR) is 84.5 cm³/mol. The largest absolute Gasteiger partial charge is 0.310 e. The van der Waals surface area contributed by atoms with Crippen LogP contribution in [0.2, 0.25) is 0 Å². The van der Waals surface area contributed by atoms with Crippen molar-refractivity contribution >= 4 is 11.8 Å². The highest BCUT2D eigenvalue weighted by atomic mass is 32.2. The van der Waals surface area contributed by atoms with Crippen molar-refractivity contribution in [3.63, 3.8) is 0 Å². The van der Waals surface area contributed by atoms with E-state index in [4.69, 9.17) is 0 Å². The number of pyridine rings is 1. The standard InChI is InChI=1S/C16H20N4S/c1-10-11(2)19-16(20-12(10)3)21-15-7-4-13(9-18-15)8-17-14-5-6-14/h4,7,9,14,17H,5-6,8H2,1-3H3. The van der Waals surface area contributed by atoms with Crippen LogP contribution in [0.15, 0.2) is 28.5 Å². The maximum atomic E-state index is 4.52. The predicted octanol–water partition coefficient (Wildman–Crippen LogP) is 3.20. The zero-order valence-electron chi connectivity index (χ0n) is 12.7. The number of hydrogen-bond acceptors (Lipinski definition) is 5. The van der Waals surface area contributed by atoms with Gasteiger partial charge in [-0.05, 0) is 62.6 Å². The van der Waals surface area contributed by atoms with E-state index in [1.54, 1.807) is 0 Å². The van der Waals surface area contributed by atoms with Crippen LogP contribution in [0.5, 0.6) is 0 Å². The monoisotopic (exact) mass is 300 g/mol. The Hall–Kier alpha value is -1.46. The fourth-order valence-corrected chi connectivity index (χ4v) is 2.80. The second-order valence-electron chi connectivity index (χ2n) is 5.56. The third-order valence-electron chi connectivity index (χ3n) is 3.78. The van der Waals surface area contributed by atoms with Crippen LogP contribution in [-0.2, 0) is 6.54 Å². The minimum atomic E-state index is 0.728. The average Bonchev–Trinajstić information content (AvgIpc) is 3.28. The van der Waals surface area contributed by atoms with Crippen molar-refractivity contribution in [1.29, 1.82) is 0 Å². The molecule has 0 bridgehead atoms. The van der Waals surface area contributed by atoms with Crippen molar-refractivity contribution in [2.24, 2.45) is 0 Å². The fraction of sp³-hybridized carbons (Fsp3) is 0.438. The zero-order valence-corrected chi connectivity index (χ0v) is 13.5. The van der Waals surface area contributed by atoms with Crippen molar-refractivity contribution < 1.29 is 0 Å². The van der Waals surface area contributed by atoms with E-state index in [1.165, 1.54) is 30.2 Å². The Morgan fingerprint density at radius 1 is 1.14 bits per heavy atom. The quantitative estimate of drug-likeness (QED) is 0.859. The molecule has 2 heterocycles. The van der Waals surface area contributed by atoms with E-state index < -0.39 is 0 Å². The van der Waals surface area contributed by atoms with Crippen LogP contribution in [0.3, 0.4) is 0 Å². The molecule has 0 aromatic carbocycles. The molecule has 1 saturated carbocycles. The van der Waals surface area contributed by atoms with Crippen molar-refractivity contribution in [3.8, 4) is 0 Å². The van der Waals surface area contributed by atoms with Crippen LogP contribution in [0.25, 0.3) is 0 Å². The molecular weight excluding hydrogens is 280 g/mol. The molecule has 2 aromatic rings. The van der Waals surface area contributed by atoms with E-state index in [1.807, 2.05) is 26.1 Å². The topological polar surface area (TPSA) is 50.7 Å². The third kappa shape index (κ3) is 3.80. The van der Waals surface area contributed by atoms with Gasteiger partial charge in [0.2, 0.25) is 0 Å². The lowest BCUT2D eigenvalue weighted by Gasteiger charge is -2.07. The van der Waals surface area contributed by atoms with Gasteiger partial charge in [0.15, 0.2) is 5.16 Å². The molecule has 0 atom stereocenters. The van der Waals surface area contributed by atoms with Crippen LogP contribution < -0.4 is 5.32 Å². The minimum Gasteiger partial charge on any atom is -0.310 e. The summed E-state index contributed by atoms with van der Waals surface area (Å²) in [4.78, 5) is 13.5. The summed E-state index contributed by atoms with van der Waals surface area (Å²) in [6.07, 6.45) is 4.56. The Kier molecular flexibility index (Phi) is 4.22. The van der Waals surface area contributed by atoms with Crippen molar-refractivity contribution in [1.82, 2.24) is 20.3 Å². The Bertz CT molecular complexity index is 612. The lowest BCUT2D eigenvalue weighted by molar-refractivity contribution is 0.684. The first-order valence-electron chi connectivity index (χ1n) is 7.30. The summed E-state index contributed by atoms with van der Waals surface area (Å²) in [6, 6.07) is 4.90. The highest BCUT2D eigenvalue weighted by Crippen LogP contribution is 2.24. The SMILES string of the molecule is Cc1nc(Sc2ccc(CNC3CC3)cn2)nc(C)c1C. The molecule has 1 fully saturated rings. The van der Waals surface area contributed by atoms with E-state index in [9.17, 15) is 0 Å². The number of aryl methyl sites for hydroxylation is 2. The van der Waals surface area contributed by atoms with Crippen LogP contribution in [0.4, 0.5) is 0 Å². The van der Waals surface area contributed by atoms with E-state index in [0.29, 0.717) is 0 Å². The van der Waals surface area contributed by atoms with Crippen molar-refractivity contribution in [3.05, 3.63) is 40.8 Å². The number of hydrogen-bond donors (Lipinski definition) is 1. The number of nitrogens with zero attached hydrogens (tertiary/aromatic N) is 3. The molecule has 2 aromatic heterocycles. The van der Waals surface area contributed by atoms with Gasteiger partial charge in [0.1, 0.15) is 5.03 Å². The van der Waals surface area contributed by atoms with E-state index in [-0.39, 0.29) is 0 Å². The summed E-state index contributed by atoms with van der Waals surface area (Å²) in [5.41, 5.74) is 4.46. The van der Waals surface area contributed by atoms with Gasteiger partial charge < -0.3 is 5.32 Å². The molecule has 0 radical (unpaired) electrons. The van der Waals surface area contributed by atoms with E-state index in [0.717, 1.165) is 39.7 Å². The molecule has 110 valence electrons. The first-order chi connectivity index (χ1) is 10.1. The van der Waals surface area contributed by atoms with Gasteiger partial charge in [0.25, 0.3) is 0 Å². The molecule has 5 heteroatoms. The summed E-state index contributed by atoms with van der Waals surface area (Å²) in [5, 5.41) is 5.20. The maximum Gasteiger partial charge on any atom is 0.194 e. The molecule has 1 N–H and O–H groups in total. The molecule has 21 heavy (non-hydrogen) atoms. The van der Waals surface area contributed by atoms with Gasteiger partial charge in [-0.15, -0.1) is 0 Å². The Balaban J connectivity index is 1.66. The molecule has 0 amide bonds. The smallest absolute Gasteiger partial charge is 0.194 e. The molecule has 0 saturated heterocycles. The average molecular weight is 300 g/mol. The second-order valence-corrected chi connectivity index (χ2v) is 6.55. The van der Waals surface area contributed by atoms with Gasteiger partial charge in [0.05, 0.1) is 0 Å². The van der Waals surface area contributed by atoms with E-state index in [2.05, 4.69) is 33.3 Å². The fourth-order valence-electron chi connectivity index (χ4n) is 2.01. The van der Waals surface area contributed by atoms with Crippen LogP contribution in [0, 0.1) is 20.8 Å². The highest BCUT2D eigenvalue weighted by molar-refractivity contribution is 7.99. The van der Waals surface area contributed by atoms with Crippen LogP contribution in [-0.4, -0.2) is 21.0 Å². The van der Waals surface area contributed by atoms with E-state index >= 15 is 0 Å². The second kappa shape index (κ2) is 6.12. The molecule has 1 aliphatic carbocycles. The minimum absolute atomic E-state index is 0.728. The molecular formula is C16H20N4S. The van der Waals surface area contributed by atoms with Gasteiger partial charge in [-0.1, -0.05) is 6.07 Å². The van der Waals surface area contributed by atoms with Gasteiger partial charge in [0, 0.05) is 30.2 Å². The normalized spacial score (nSPS) is 14.4. The Labute approximate surface area is 129 Å². The molecule has 0 aliphatic heterocycles. The molecule has 0 spiro atoms.